The lowest BCUT2D eigenvalue weighted by Crippen LogP contribution is -2.12. The van der Waals surface area contributed by atoms with Crippen molar-refractivity contribution in [2.75, 3.05) is 0 Å². The van der Waals surface area contributed by atoms with Crippen LogP contribution in [0.3, 0.4) is 0 Å². The van der Waals surface area contributed by atoms with Crippen LogP contribution in [0, 0.1) is 3.57 Å². The number of benzene rings is 3. The molecule has 124 valence electrons. The average molecular weight is 449 g/mol. The first-order chi connectivity index (χ1) is 12.0. The van der Waals surface area contributed by atoms with E-state index >= 15 is 0 Å². The molecule has 1 aromatic heterocycles. The predicted octanol–water partition coefficient (Wildman–Crippen LogP) is 6.68. The zero-order valence-corrected chi connectivity index (χ0v) is 15.0. The highest BCUT2D eigenvalue weighted by Crippen LogP contribution is 2.41. The van der Waals surface area contributed by atoms with Gasteiger partial charge in [-0.25, -0.2) is 4.98 Å². The van der Waals surface area contributed by atoms with Crippen molar-refractivity contribution in [2.45, 2.75) is 6.18 Å². The Morgan fingerprint density at radius 2 is 1.44 bits per heavy atom. The van der Waals surface area contributed by atoms with Gasteiger partial charge in [0.1, 0.15) is 0 Å². The molecule has 4 rings (SSSR count). The summed E-state index contributed by atoms with van der Waals surface area (Å²) in [6.45, 7) is 0. The number of aromatic nitrogens is 1. The highest BCUT2D eigenvalue weighted by Gasteiger charge is 2.37. The maximum absolute atomic E-state index is 13.6. The van der Waals surface area contributed by atoms with Crippen molar-refractivity contribution >= 4 is 44.3 Å². The minimum absolute atomic E-state index is 0.124. The molecular formula is C20H11F3IN. The first-order valence-electron chi connectivity index (χ1n) is 7.60. The molecular weight excluding hydrogens is 438 g/mol. The quantitative estimate of drug-likeness (QED) is 0.234. The Kier molecular flexibility index (Phi) is 3.91. The van der Waals surface area contributed by atoms with Crippen LogP contribution in [0.4, 0.5) is 13.2 Å². The molecule has 25 heavy (non-hydrogen) atoms. The normalized spacial score (nSPS) is 12.0. The molecule has 0 saturated carbocycles. The Bertz CT molecular complexity index is 1090. The van der Waals surface area contributed by atoms with Crippen molar-refractivity contribution in [3.05, 3.63) is 76.0 Å². The Morgan fingerprint density at radius 3 is 2.16 bits per heavy atom. The number of fused-ring (bicyclic) bond motifs is 3. The smallest absolute Gasteiger partial charge is 0.241 e. The summed E-state index contributed by atoms with van der Waals surface area (Å²) in [5, 5.41) is 2.32. The molecule has 0 atom stereocenters. The maximum atomic E-state index is 13.6. The number of hydrogen-bond acceptors (Lipinski definition) is 1. The lowest BCUT2D eigenvalue weighted by atomic mass is 9.97. The van der Waals surface area contributed by atoms with Gasteiger partial charge in [-0.2, -0.15) is 13.2 Å². The van der Waals surface area contributed by atoms with Crippen LogP contribution in [0.15, 0.2) is 66.7 Å². The summed E-state index contributed by atoms with van der Waals surface area (Å²) in [4.78, 5) is 4.03. The van der Waals surface area contributed by atoms with E-state index in [2.05, 4.69) is 4.98 Å². The summed E-state index contributed by atoms with van der Waals surface area (Å²) >= 11 is 1.76. The molecule has 0 radical (unpaired) electrons. The van der Waals surface area contributed by atoms with Gasteiger partial charge in [0.2, 0.25) is 0 Å². The molecule has 0 N–H and O–H groups in total. The average Bonchev–Trinajstić information content (AvgIpc) is 2.60. The second-order valence-electron chi connectivity index (χ2n) is 5.70. The highest BCUT2D eigenvalue weighted by molar-refractivity contribution is 14.1. The maximum Gasteiger partial charge on any atom is 0.434 e. The number of alkyl halides is 3. The second-order valence-corrected chi connectivity index (χ2v) is 6.77. The summed E-state index contributed by atoms with van der Waals surface area (Å²) in [6, 6.07) is 20.3. The van der Waals surface area contributed by atoms with Crippen molar-refractivity contribution in [3.8, 4) is 11.1 Å². The van der Waals surface area contributed by atoms with Crippen molar-refractivity contribution in [2.24, 2.45) is 0 Å². The molecule has 0 bridgehead atoms. The van der Waals surface area contributed by atoms with E-state index in [1.54, 1.807) is 22.6 Å². The predicted molar refractivity (Wildman–Crippen MR) is 102 cm³/mol. The van der Waals surface area contributed by atoms with E-state index in [1.807, 2.05) is 66.7 Å². The van der Waals surface area contributed by atoms with Crippen LogP contribution in [0.2, 0.25) is 0 Å². The molecule has 0 amide bonds. The van der Waals surface area contributed by atoms with E-state index in [1.165, 1.54) is 0 Å². The number of rotatable bonds is 1. The largest absolute Gasteiger partial charge is 0.434 e. The molecule has 0 spiro atoms. The van der Waals surface area contributed by atoms with E-state index in [4.69, 9.17) is 0 Å². The number of pyridine rings is 1. The minimum atomic E-state index is -4.51. The van der Waals surface area contributed by atoms with Crippen LogP contribution in [0.5, 0.6) is 0 Å². The Balaban J connectivity index is 2.22. The number of nitrogens with zero attached hydrogens (tertiary/aromatic N) is 1. The van der Waals surface area contributed by atoms with Gasteiger partial charge in [0, 0.05) is 16.3 Å². The zero-order valence-electron chi connectivity index (χ0n) is 12.8. The van der Waals surface area contributed by atoms with E-state index in [0.29, 0.717) is 11.1 Å². The highest BCUT2D eigenvalue weighted by atomic mass is 127. The third-order valence-electron chi connectivity index (χ3n) is 4.15. The Hall–Kier alpha value is -2.15. The van der Waals surface area contributed by atoms with Gasteiger partial charge in [-0.3, -0.25) is 0 Å². The van der Waals surface area contributed by atoms with Gasteiger partial charge in [-0.15, -0.1) is 0 Å². The molecule has 1 nitrogen and oxygen atoms in total. The van der Waals surface area contributed by atoms with Crippen molar-refractivity contribution in [3.63, 3.8) is 0 Å². The van der Waals surface area contributed by atoms with Crippen LogP contribution >= 0.6 is 22.6 Å². The fraction of sp³-hybridized carbons (Fsp3) is 0.0500. The van der Waals surface area contributed by atoms with Crippen LogP contribution < -0.4 is 0 Å². The van der Waals surface area contributed by atoms with Gasteiger partial charge in [-0.05, 0) is 33.5 Å². The van der Waals surface area contributed by atoms with Gasteiger partial charge in [0.05, 0.1) is 9.09 Å². The lowest BCUT2D eigenvalue weighted by Gasteiger charge is -2.16. The molecule has 0 fully saturated rings. The van der Waals surface area contributed by atoms with Crippen molar-refractivity contribution in [1.82, 2.24) is 4.98 Å². The summed E-state index contributed by atoms with van der Waals surface area (Å²) in [5.74, 6) is 0. The van der Waals surface area contributed by atoms with Gasteiger partial charge in [-0.1, -0.05) is 66.7 Å². The molecule has 4 aromatic rings. The van der Waals surface area contributed by atoms with E-state index in [0.717, 1.165) is 21.7 Å². The van der Waals surface area contributed by atoms with Crippen molar-refractivity contribution in [1.29, 1.82) is 0 Å². The summed E-state index contributed by atoms with van der Waals surface area (Å²) in [6.07, 6.45) is -4.51. The monoisotopic (exact) mass is 449 g/mol. The SMILES string of the molecule is FC(F)(F)c1nc2c(ccc3ccccc32)c(-c2ccccc2)c1I. The van der Waals surface area contributed by atoms with Crippen LogP contribution in [-0.4, -0.2) is 4.98 Å². The van der Waals surface area contributed by atoms with E-state index in [9.17, 15) is 13.2 Å². The molecule has 0 aliphatic heterocycles. The standard InChI is InChI=1S/C20H11F3IN/c21-20(22,23)19-17(24)16(13-7-2-1-3-8-13)15-11-10-12-6-4-5-9-14(12)18(15)25-19/h1-11H. The third-order valence-corrected chi connectivity index (χ3v) is 5.20. The molecule has 0 saturated heterocycles. The van der Waals surface area contributed by atoms with Crippen LogP contribution in [-0.2, 0) is 6.18 Å². The Morgan fingerprint density at radius 1 is 0.760 bits per heavy atom. The zero-order chi connectivity index (χ0) is 17.6. The number of hydrogen-bond donors (Lipinski definition) is 0. The van der Waals surface area contributed by atoms with E-state index in [-0.39, 0.29) is 3.57 Å². The van der Waals surface area contributed by atoms with Gasteiger partial charge in [0.15, 0.2) is 5.69 Å². The molecule has 0 aliphatic rings. The summed E-state index contributed by atoms with van der Waals surface area (Å²) in [5.41, 5.74) is 0.866. The van der Waals surface area contributed by atoms with Crippen LogP contribution in [0.1, 0.15) is 5.69 Å². The van der Waals surface area contributed by atoms with Gasteiger partial charge < -0.3 is 0 Å². The number of halogens is 4. The topological polar surface area (TPSA) is 12.9 Å². The van der Waals surface area contributed by atoms with Crippen molar-refractivity contribution < 1.29 is 13.2 Å². The van der Waals surface area contributed by atoms with Crippen LogP contribution in [0.25, 0.3) is 32.8 Å². The second kappa shape index (κ2) is 5.98. The van der Waals surface area contributed by atoms with E-state index < -0.39 is 11.9 Å². The first-order valence-corrected chi connectivity index (χ1v) is 8.68. The minimum Gasteiger partial charge on any atom is -0.241 e. The Labute approximate surface area is 155 Å². The molecule has 5 heteroatoms. The fourth-order valence-electron chi connectivity index (χ4n) is 3.05. The third kappa shape index (κ3) is 2.76. The summed E-state index contributed by atoms with van der Waals surface area (Å²) in [7, 11) is 0. The van der Waals surface area contributed by atoms with Gasteiger partial charge >= 0.3 is 6.18 Å². The first kappa shape index (κ1) is 16.3. The summed E-state index contributed by atoms with van der Waals surface area (Å²) < 4.78 is 40.9. The molecule has 0 unspecified atom stereocenters. The van der Waals surface area contributed by atoms with Gasteiger partial charge in [0.25, 0.3) is 0 Å². The lowest BCUT2D eigenvalue weighted by molar-refractivity contribution is -0.141. The molecule has 0 aliphatic carbocycles. The molecule has 1 heterocycles. The fourth-order valence-corrected chi connectivity index (χ4v) is 4.08. The molecule has 3 aromatic carbocycles.